The number of carbonyl (C=O) groups excluding carboxylic acids is 3. The van der Waals surface area contributed by atoms with Gasteiger partial charge in [0, 0.05) is 22.7 Å². The molecule has 0 atom stereocenters. The minimum absolute atomic E-state index is 0.0796. The number of rotatable bonds is 5. The number of nitrogens with zero attached hydrogens (tertiary/aromatic N) is 2. The van der Waals surface area contributed by atoms with Crippen LogP contribution in [0.3, 0.4) is 0 Å². The summed E-state index contributed by atoms with van der Waals surface area (Å²) in [5, 5.41) is 13.3. The number of benzene rings is 2. The van der Waals surface area contributed by atoms with Gasteiger partial charge < -0.3 is 4.74 Å². The summed E-state index contributed by atoms with van der Waals surface area (Å²) in [5.74, 6) is 0.364. The molecule has 1 fully saturated rings. The van der Waals surface area contributed by atoms with E-state index in [2.05, 4.69) is 5.92 Å². The van der Waals surface area contributed by atoms with Gasteiger partial charge in [-0.3, -0.25) is 25.0 Å². The summed E-state index contributed by atoms with van der Waals surface area (Å²) < 4.78 is 5.39. The number of hydrogen-bond acceptors (Lipinski definition) is 6. The number of ether oxygens (including phenoxy) is 1. The first kappa shape index (κ1) is 21.8. The third-order valence-electron chi connectivity index (χ3n) is 4.04. The summed E-state index contributed by atoms with van der Waals surface area (Å²) in [6.45, 7) is -0.143. The van der Waals surface area contributed by atoms with Crippen molar-refractivity contribution >= 4 is 58.5 Å². The molecule has 2 aromatic carbocycles. The Morgan fingerprint density at radius 2 is 1.97 bits per heavy atom. The van der Waals surface area contributed by atoms with Crippen molar-refractivity contribution in [2.45, 2.75) is 0 Å². The smallest absolute Gasteiger partial charge is 0.335 e. The quantitative estimate of drug-likeness (QED) is 0.240. The fourth-order valence-corrected chi connectivity index (χ4v) is 3.31. The van der Waals surface area contributed by atoms with Gasteiger partial charge in [-0.25, -0.2) is 9.69 Å². The summed E-state index contributed by atoms with van der Waals surface area (Å²) in [6, 6.07) is 6.57. The number of imide groups is 2. The first-order valence-corrected chi connectivity index (χ1v) is 9.19. The zero-order valence-electron chi connectivity index (χ0n) is 15.4. The Balaban J connectivity index is 2.09. The van der Waals surface area contributed by atoms with Crippen LogP contribution in [0.2, 0.25) is 10.0 Å². The lowest BCUT2D eigenvalue weighted by molar-refractivity contribution is -0.384. The van der Waals surface area contributed by atoms with Gasteiger partial charge in [0.1, 0.15) is 17.9 Å². The number of anilines is 1. The van der Waals surface area contributed by atoms with E-state index >= 15 is 0 Å². The van der Waals surface area contributed by atoms with Crippen LogP contribution in [0.1, 0.15) is 5.56 Å². The van der Waals surface area contributed by atoms with E-state index in [1.807, 2.05) is 5.32 Å². The third kappa shape index (κ3) is 4.50. The van der Waals surface area contributed by atoms with E-state index in [0.29, 0.717) is 4.90 Å². The van der Waals surface area contributed by atoms with Gasteiger partial charge in [0.2, 0.25) is 0 Å². The van der Waals surface area contributed by atoms with E-state index in [1.54, 1.807) is 0 Å². The molecule has 1 N–H and O–H groups in total. The Hall–Kier alpha value is -3.87. The zero-order valence-corrected chi connectivity index (χ0v) is 16.9. The molecule has 0 aromatic heterocycles. The van der Waals surface area contributed by atoms with Crippen LogP contribution in [0, 0.1) is 22.5 Å². The van der Waals surface area contributed by atoms with E-state index in [9.17, 15) is 24.5 Å². The average Bonchev–Trinajstić information content (AvgIpc) is 2.70. The van der Waals surface area contributed by atoms with Gasteiger partial charge in [0.15, 0.2) is 0 Å². The van der Waals surface area contributed by atoms with Gasteiger partial charge in [0.05, 0.1) is 15.6 Å². The van der Waals surface area contributed by atoms with Crippen LogP contribution >= 0.6 is 23.2 Å². The molecule has 1 saturated heterocycles. The Kier molecular flexibility index (Phi) is 6.25. The van der Waals surface area contributed by atoms with Crippen molar-refractivity contribution in [1.29, 1.82) is 0 Å². The zero-order chi connectivity index (χ0) is 22.7. The number of nitro groups is 1. The molecular formula is C20H11Cl2N3O6. The largest absolute Gasteiger partial charge is 0.479 e. The topological polar surface area (TPSA) is 119 Å². The molecule has 4 amide bonds. The number of hydrogen-bond donors (Lipinski definition) is 1. The minimum Gasteiger partial charge on any atom is -0.479 e. The number of non-ortho nitro benzene ring substituents is 1. The number of amides is 4. The molecule has 31 heavy (non-hydrogen) atoms. The summed E-state index contributed by atoms with van der Waals surface area (Å²) in [5.41, 5.74) is -0.718. The maximum atomic E-state index is 13.0. The van der Waals surface area contributed by atoms with Crippen molar-refractivity contribution in [3.63, 3.8) is 0 Å². The third-order valence-corrected chi connectivity index (χ3v) is 4.54. The molecule has 0 unspecified atom stereocenters. The molecule has 2 aromatic rings. The SMILES string of the molecule is C#CCOc1c(Cl)cc(Cl)cc1/C=C1\C(=O)NC(=O)N(c2cccc([N+](=O)[O-])c2)C1=O. The second-order valence-corrected chi connectivity index (χ2v) is 6.88. The maximum absolute atomic E-state index is 13.0. The van der Waals surface area contributed by atoms with Gasteiger partial charge in [-0.05, 0) is 24.3 Å². The number of barbiturate groups is 1. The number of carbonyl (C=O) groups is 3. The van der Waals surface area contributed by atoms with Gasteiger partial charge in [0.25, 0.3) is 17.5 Å². The molecule has 3 rings (SSSR count). The van der Waals surface area contributed by atoms with E-state index in [-0.39, 0.29) is 39.3 Å². The van der Waals surface area contributed by atoms with Crippen molar-refractivity contribution in [3.8, 4) is 18.1 Å². The molecule has 0 radical (unpaired) electrons. The monoisotopic (exact) mass is 459 g/mol. The summed E-state index contributed by atoms with van der Waals surface area (Å²) in [6.07, 6.45) is 6.33. The Morgan fingerprint density at radius 3 is 2.65 bits per heavy atom. The lowest BCUT2D eigenvalue weighted by Crippen LogP contribution is -2.54. The molecule has 156 valence electrons. The van der Waals surface area contributed by atoms with Gasteiger partial charge in [-0.2, -0.15) is 0 Å². The number of halogens is 2. The summed E-state index contributed by atoms with van der Waals surface area (Å²) >= 11 is 12.2. The average molecular weight is 460 g/mol. The van der Waals surface area contributed by atoms with Crippen molar-refractivity contribution in [2.24, 2.45) is 0 Å². The molecule has 11 heteroatoms. The normalized spacial score (nSPS) is 14.9. The number of nitrogens with one attached hydrogen (secondary N) is 1. The highest BCUT2D eigenvalue weighted by molar-refractivity contribution is 6.40. The Labute approximate surface area is 185 Å². The molecule has 0 saturated carbocycles. The highest BCUT2D eigenvalue weighted by atomic mass is 35.5. The van der Waals surface area contributed by atoms with Crippen molar-refractivity contribution in [2.75, 3.05) is 11.5 Å². The molecule has 0 spiro atoms. The van der Waals surface area contributed by atoms with Crippen LogP contribution in [0.15, 0.2) is 42.0 Å². The van der Waals surface area contributed by atoms with Crippen LogP contribution in [-0.2, 0) is 9.59 Å². The highest BCUT2D eigenvalue weighted by Crippen LogP contribution is 2.35. The molecule has 1 heterocycles. The highest BCUT2D eigenvalue weighted by Gasteiger charge is 2.37. The van der Waals surface area contributed by atoms with Gasteiger partial charge >= 0.3 is 6.03 Å². The number of urea groups is 1. The molecule has 9 nitrogen and oxygen atoms in total. The standard InChI is InChI=1S/C20H11Cl2N3O6/c1-2-6-31-17-11(7-12(21)9-16(17)22)8-15-18(26)23-20(28)24(19(15)27)13-4-3-5-14(10-13)25(29)30/h1,3-5,7-10H,6H2,(H,23,26,28)/b15-8+. The van der Waals surface area contributed by atoms with Crippen molar-refractivity contribution < 1.29 is 24.0 Å². The predicted molar refractivity (Wildman–Crippen MR) is 113 cm³/mol. The van der Waals surface area contributed by atoms with Gasteiger partial charge in [-0.1, -0.05) is 35.2 Å². The summed E-state index contributed by atoms with van der Waals surface area (Å²) in [7, 11) is 0. The Morgan fingerprint density at radius 1 is 1.23 bits per heavy atom. The minimum atomic E-state index is -1.06. The fraction of sp³-hybridized carbons (Fsp3) is 0.0500. The molecule has 0 aliphatic carbocycles. The second kappa shape index (κ2) is 8.87. The lowest BCUT2D eigenvalue weighted by atomic mass is 10.1. The van der Waals surface area contributed by atoms with Crippen LogP contribution in [0.25, 0.3) is 6.08 Å². The molecule has 0 bridgehead atoms. The molecule has 1 aliphatic heterocycles. The van der Waals surface area contributed by atoms with E-state index in [1.165, 1.54) is 30.3 Å². The maximum Gasteiger partial charge on any atom is 0.335 e. The van der Waals surface area contributed by atoms with E-state index in [4.69, 9.17) is 34.4 Å². The Bertz CT molecular complexity index is 1200. The van der Waals surface area contributed by atoms with Crippen LogP contribution in [0.4, 0.5) is 16.2 Å². The van der Waals surface area contributed by atoms with E-state index in [0.717, 1.165) is 12.1 Å². The molecular weight excluding hydrogens is 449 g/mol. The molecule has 1 aliphatic rings. The predicted octanol–water partition coefficient (Wildman–Crippen LogP) is 3.58. The fourth-order valence-electron chi connectivity index (χ4n) is 2.75. The van der Waals surface area contributed by atoms with Crippen molar-refractivity contribution in [3.05, 3.63) is 67.7 Å². The second-order valence-electron chi connectivity index (χ2n) is 6.03. The van der Waals surface area contributed by atoms with Crippen LogP contribution in [-0.4, -0.2) is 29.4 Å². The lowest BCUT2D eigenvalue weighted by Gasteiger charge is -2.26. The first-order valence-electron chi connectivity index (χ1n) is 8.44. The van der Waals surface area contributed by atoms with Crippen LogP contribution < -0.4 is 15.0 Å². The number of terminal acetylenes is 1. The van der Waals surface area contributed by atoms with Gasteiger partial charge in [-0.15, -0.1) is 6.42 Å². The van der Waals surface area contributed by atoms with E-state index < -0.39 is 28.3 Å². The first-order chi connectivity index (χ1) is 14.7. The van der Waals surface area contributed by atoms with Crippen LogP contribution in [0.5, 0.6) is 5.75 Å². The number of nitro benzene ring substituents is 1. The van der Waals surface area contributed by atoms with Crippen molar-refractivity contribution in [1.82, 2.24) is 5.32 Å². The summed E-state index contributed by atoms with van der Waals surface area (Å²) in [4.78, 5) is 48.6.